The summed E-state index contributed by atoms with van der Waals surface area (Å²) in [6.07, 6.45) is 1.31. The average Bonchev–Trinajstić information content (AvgIpc) is 2.49. The molecule has 0 saturated heterocycles. The predicted octanol–water partition coefficient (Wildman–Crippen LogP) is 4.32. The van der Waals surface area contributed by atoms with E-state index in [0.29, 0.717) is 16.7 Å². The van der Waals surface area contributed by atoms with E-state index in [2.05, 4.69) is 20.9 Å². The summed E-state index contributed by atoms with van der Waals surface area (Å²) in [5, 5.41) is 10.1. The zero-order valence-electron chi connectivity index (χ0n) is 11.7. The minimum atomic E-state index is -0.582. The second-order valence-corrected chi connectivity index (χ2v) is 5.81. The molecule has 0 atom stereocenters. The molecule has 110 valence electrons. The first-order chi connectivity index (χ1) is 10.5. The molecule has 0 aliphatic heterocycles. The minimum absolute atomic E-state index is 0.0428. The molecule has 2 aromatic carbocycles. The Morgan fingerprint density at radius 1 is 1.23 bits per heavy atom. The number of rotatable bonds is 2. The number of aromatic nitrogens is 1. The summed E-state index contributed by atoms with van der Waals surface area (Å²) in [7, 11) is 0. The maximum absolute atomic E-state index is 12.0. The van der Waals surface area contributed by atoms with Crippen molar-refractivity contribution in [2.75, 3.05) is 0 Å². The fraction of sp³-hybridized carbons (Fsp3) is 0.0588. The highest BCUT2D eigenvalue weighted by Crippen LogP contribution is 2.18. The van der Waals surface area contributed by atoms with Crippen LogP contribution in [0, 0.1) is 6.92 Å². The van der Waals surface area contributed by atoms with E-state index in [-0.39, 0.29) is 11.5 Å². The van der Waals surface area contributed by atoms with Crippen LogP contribution in [0.5, 0.6) is 0 Å². The first-order valence-electron chi connectivity index (χ1n) is 6.61. The molecule has 0 aliphatic rings. The molecule has 0 unspecified atom stereocenters. The van der Waals surface area contributed by atoms with Crippen LogP contribution in [0.4, 0.5) is 0 Å². The van der Waals surface area contributed by atoms with Crippen LogP contribution in [-0.4, -0.2) is 10.1 Å². The summed E-state index contributed by atoms with van der Waals surface area (Å²) in [5.74, 6) is -0.0428. The number of aryl methyl sites for hydroxylation is 1. The van der Waals surface area contributed by atoms with Gasteiger partial charge in [0.25, 0.3) is 0 Å². The first-order valence-corrected chi connectivity index (χ1v) is 7.40. The van der Waals surface area contributed by atoms with Crippen molar-refractivity contribution in [3.05, 3.63) is 74.2 Å². The Morgan fingerprint density at radius 3 is 2.68 bits per heavy atom. The average molecular weight is 358 g/mol. The van der Waals surface area contributed by atoms with E-state index in [1.165, 1.54) is 6.08 Å². The number of nitrogens with zero attached hydrogens (tertiary/aromatic N) is 1. The van der Waals surface area contributed by atoms with Gasteiger partial charge in [0, 0.05) is 16.1 Å². The fourth-order valence-electron chi connectivity index (χ4n) is 2.05. The van der Waals surface area contributed by atoms with E-state index in [1.54, 1.807) is 36.4 Å². The third-order valence-electron chi connectivity index (χ3n) is 3.18. The molecule has 3 aromatic rings. The zero-order chi connectivity index (χ0) is 15.7. The van der Waals surface area contributed by atoms with Crippen LogP contribution in [0.2, 0.25) is 0 Å². The van der Waals surface area contributed by atoms with Crippen molar-refractivity contribution < 1.29 is 9.52 Å². The van der Waals surface area contributed by atoms with Crippen molar-refractivity contribution in [2.24, 2.45) is 0 Å². The molecule has 0 saturated carbocycles. The molecule has 1 aromatic heterocycles. The first kappa shape index (κ1) is 14.5. The Kier molecular flexibility index (Phi) is 3.81. The van der Waals surface area contributed by atoms with E-state index >= 15 is 0 Å². The quantitative estimate of drug-likeness (QED) is 0.694. The molecule has 1 heterocycles. The van der Waals surface area contributed by atoms with Crippen molar-refractivity contribution in [1.29, 1.82) is 0 Å². The maximum Gasteiger partial charge on any atom is 0.362 e. The lowest BCUT2D eigenvalue weighted by molar-refractivity contribution is 0.514. The van der Waals surface area contributed by atoms with Crippen LogP contribution in [-0.2, 0) is 0 Å². The summed E-state index contributed by atoms with van der Waals surface area (Å²) >= 11 is 3.33. The Labute approximate surface area is 134 Å². The van der Waals surface area contributed by atoms with Gasteiger partial charge in [0.2, 0.25) is 0 Å². The van der Waals surface area contributed by atoms with Crippen LogP contribution in [0.15, 0.2) is 56.1 Å². The molecule has 0 aliphatic carbocycles. The molecule has 22 heavy (non-hydrogen) atoms. The van der Waals surface area contributed by atoms with Gasteiger partial charge in [-0.1, -0.05) is 34.1 Å². The number of fused-ring (bicyclic) bond motifs is 1. The van der Waals surface area contributed by atoms with Gasteiger partial charge >= 0.3 is 5.63 Å². The largest absolute Gasteiger partial charge is 0.507 e. The van der Waals surface area contributed by atoms with Gasteiger partial charge in [-0.25, -0.2) is 9.78 Å². The van der Waals surface area contributed by atoms with Gasteiger partial charge in [0.05, 0.1) is 0 Å². The van der Waals surface area contributed by atoms with E-state index in [1.807, 2.05) is 13.0 Å². The Balaban J connectivity index is 2.07. The number of aliphatic hydroxyl groups excluding tert-OH is 1. The molecule has 1 N–H and O–H groups in total. The van der Waals surface area contributed by atoms with Crippen molar-refractivity contribution in [2.45, 2.75) is 6.92 Å². The lowest BCUT2D eigenvalue weighted by Crippen LogP contribution is -2.06. The van der Waals surface area contributed by atoms with E-state index < -0.39 is 5.63 Å². The van der Waals surface area contributed by atoms with Crippen molar-refractivity contribution >= 4 is 38.9 Å². The monoisotopic (exact) mass is 357 g/mol. The highest BCUT2D eigenvalue weighted by atomic mass is 79.9. The van der Waals surface area contributed by atoms with Gasteiger partial charge in [-0.15, -0.1) is 0 Å². The summed E-state index contributed by atoms with van der Waals surface area (Å²) in [5.41, 5.74) is 2.07. The molecule has 0 bridgehead atoms. The Bertz CT molecular complexity index is 927. The Hall–Kier alpha value is -2.40. The molecule has 0 radical (unpaired) electrons. The third-order valence-corrected chi connectivity index (χ3v) is 3.71. The standard InChI is InChI=1S/C17H12BrNO3/c1-10-2-7-13-16(8-10)22-17(21)14(19-13)9-15(20)11-3-5-12(18)6-4-11/h2-9,20H,1H3/b15-9+. The van der Waals surface area contributed by atoms with Crippen molar-refractivity contribution in [1.82, 2.24) is 4.98 Å². The molecule has 0 spiro atoms. The molecule has 0 amide bonds. The second-order valence-electron chi connectivity index (χ2n) is 4.89. The summed E-state index contributed by atoms with van der Waals surface area (Å²) < 4.78 is 6.15. The van der Waals surface area contributed by atoms with Gasteiger partial charge in [0.1, 0.15) is 11.3 Å². The SMILES string of the molecule is Cc1ccc2nc(/C=C(/O)c3ccc(Br)cc3)c(=O)oc2c1. The normalized spacial score (nSPS) is 11.8. The lowest BCUT2D eigenvalue weighted by Gasteiger charge is -2.02. The summed E-state index contributed by atoms with van der Waals surface area (Å²) in [6, 6.07) is 12.5. The van der Waals surface area contributed by atoms with E-state index in [4.69, 9.17) is 4.42 Å². The number of aliphatic hydroxyl groups is 1. The molecular weight excluding hydrogens is 346 g/mol. The summed E-state index contributed by atoms with van der Waals surface area (Å²) in [4.78, 5) is 16.2. The number of hydrogen-bond donors (Lipinski definition) is 1. The molecule has 0 fully saturated rings. The number of hydrogen-bond acceptors (Lipinski definition) is 4. The molecule has 5 heteroatoms. The Morgan fingerprint density at radius 2 is 1.95 bits per heavy atom. The van der Waals surface area contributed by atoms with Crippen LogP contribution < -0.4 is 5.63 Å². The van der Waals surface area contributed by atoms with Crippen LogP contribution in [0.25, 0.3) is 22.9 Å². The van der Waals surface area contributed by atoms with E-state index in [0.717, 1.165) is 10.0 Å². The highest BCUT2D eigenvalue weighted by Gasteiger charge is 2.07. The zero-order valence-corrected chi connectivity index (χ0v) is 13.3. The topological polar surface area (TPSA) is 63.3 Å². The van der Waals surface area contributed by atoms with Gasteiger partial charge < -0.3 is 9.52 Å². The second kappa shape index (κ2) is 5.77. The molecule has 4 nitrogen and oxygen atoms in total. The highest BCUT2D eigenvalue weighted by molar-refractivity contribution is 9.10. The lowest BCUT2D eigenvalue weighted by atomic mass is 10.1. The number of benzene rings is 2. The van der Waals surface area contributed by atoms with Gasteiger partial charge in [-0.2, -0.15) is 0 Å². The third kappa shape index (κ3) is 2.94. The molecule has 3 rings (SSSR count). The molecular formula is C17H12BrNO3. The smallest absolute Gasteiger partial charge is 0.362 e. The fourth-order valence-corrected chi connectivity index (χ4v) is 2.31. The van der Waals surface area contributed by atoms with E-state index in [9.17, 15) is 9.90 Å². The van der Waals surface area contributed by atoms with Gasteiger partial charge in [-0.3, -0.25) is 0 Å². The van der Waals surface area contributed by atoms with Crippen molar-refractivity contribution in [3.8, 4) is 0 Å². The minimum Gasteiger partial charge on any atom is -0.507 e. The van der Waals surface area contributed by atoms with Crippen molar-refractivity contribution in [3.63, 3.8) is 0 Å². The maximum atomic E-state index is 12.0. The van der Waals surface area contributed by atoms with Crippen LogP contribution in [0.1, 0.15) is 16.8 Å². The van der Waals surface area contributed by atoms with Crippen LogP contribution in [0.3, 0.4) is 0 Å². The van der Waals surface area contributed by atoms with Crippen LogP contribution >= 0.6 is 15.9 Å². The van der Waals surface area contributed by atoms with Gasteiger partial charge in [-0.05, 0) is 36.8 Å². The number of halogens is 1. The predicted molar refractivity (Wildman–Crippen MR) is 89.7 cm³/mol. The van der Waals surface area contributed by atoms with Gasteiger partial charge in [0.15, 0.2) is 11.3 Å². The summed E-state index contributed by atoms with van der Waals surface area (Å²) in [6.45, 7) is 1.91.